The van der Waals surface area contributed by atoms with Gasteiger partial charge in [0.1, 0.15) is 10.7 Å². The fraction of sp³-hybridized carbons (Fsp3) is 0.333. The highest BCUT2D eigenvalue weighted by Crippen LogP contribution is 2.24. The van der Waals surface area contributed by atoms with E-state index in [-0.39, 0.29) is 11.3 Å². The highest BCUT2D eigenvalue weighted by atomic mass is 35.5. The van der Waals surface area contributed by atoms with E-state index in [2.05, 4.69) is 20.5 Å². The first-order chi connectivity index (χ1) is 8.86. The van der Waals surface area contributed by atoms with Gasteiger partial charge in [0.2, 0.25) is 5.13 Å². The lowest BCUT2D eigenvalue weighted by atomic mass is 9.91. The van der Waals surface area contributed by atoms with Crippen LogP contribution in [-0.2, 0) is 5.41 Å². The number of rotatable bonds is 2. The number of anilines is 1. The highest BCUT2D eigenvalue weighted by molar-refractivity contribution is 7.13. The van der Waals surface area contributed by atoms with E-state index in [1.165, 1.54) is 17.4 Å². The Morgan fingerprint density at radius 3 is 2.68 bits per heavy atom. The molecule has 0 aliphatic heterocycles. The standard InChI is InChI=1S/C12H13ClN4OS/c1-12(2,3)8-4-7(5-9(13)15-8)10(18)16-11-17-14-6-19-11/h4-6H,1-3H3,(H,16,17,18). The SMILES string of the molecule is CC(C)(C)c1cc(C(=O)Nc2nncs2)cc(Cl)n1. The van der Waals surface area contributed by atoms with E-state index >= 15 is 0 Å². The first-order valence-electron chi connectivity index (χ1n) is 5.62. The molecule has 7 heteroatoms. The number of hydrogen-bond acceptors (Lipinski definition) is 5. The van der Waals surface area contributed by atoms with E-state index in [1.807, 2.05) is 20.8 Å². The summed E-state index contributed by atoms with van der Waals surface area (Å²) in [5, 5.41) is 10.8. The van der Waals surface area contributed by atoms with Crippen molar-refractivity contribution in [1.82, 2.24) is 15.2 Å². The van der Waals surface area contributed by atoms with Crippen LogP contribution in [-0.4, -0.2) is 21.1 Å². The molecule has 1 N–H and O–H groups in total. The van der Waals surface area contributed by atoms with Crippen LogP contribution in [0.1, 0.15) is 36.8 Å². The third kappa shape index (κ3) is 3.48. The summed E-state index contributed by atoms with van der Waals surface area (Å²) in [7, 11) is 0. The second-order valence-corrected chi connectivity index (χ2v) is 6.23. The number of carbonyl (C=O) groups excluding carboxylic acids is 1. The van der Waals surface area contributed by atoms with Crippen molar-refractivity contribution < 1.29 is 4.79 Å². The van der Waals surface area contributed by atoms with E-state index in [9.17, 15) is 4.79 Å². The quantitative estimate of drug-likeness (QED) is 0.865. The van der Waals surface area contributed by atoms with Crippen LogP contribution in [0, 0.1) is 0 Å². The lowest BCUT2D eigenvalue weighted by Crippen LogP contribution is -2.17. The molecule has 0 aromatic carbocycles. The van der Waals surface area contributed by atoms with Gasteiger partial charge in [-0.25, -0.2) is 4.98 Å². The zero-order chi connectivity index (χ0) is 14.0. The van der Waals surface area contributed by atoms with E-state index in [1.54, 1.807) is 11.6 Å². The van der Waals surface area contributed by atoms with Crippen LogP contribution < -0.4 is 5.32 Å². The molecule has 0 aliphatic rings. The third-order valence-corrected chi connectivity index (χ3v) is 3.21. The lowest BCUT2D eigenvalue weighted by Gasteiger charge is -2.18. The predicted molar refractivity (Wildman–Crippen MR) is 75.8 cm³/mol. The Bertz CT molecular complexity index is 592. The first kappa shape index (κ1) is 13.9. The van der Waals surface area contributed by atoms with Crippen LogP contribution in [0.3, 0.4) is 0 Å². The Morgan fingerprint density at radius 1 is 1.37 bits per heavy atom. The second-order valence-electron chi connectivity index (χ2n) is 5.01. The summed E-state index contributed by atoms with van der Waals surface area (Å²) in [4.78, 5) is 16.3. The molecular formula is C12H13ClN4OS. The average Bonchev–Trinajstić information content (AvgIpc) is 2.79. The van der Waals surface area contributed by atoms with E-state index in [0.717, 1.165) is 5.69 Å². The van der Waals surface area contributed by atoms with Gasteiger partial charge in [-0.2, -0.15) is 0 Å². The molecule has 0 saturated carbocycles. The molecular weight excluding hydrogens is 284 g/mol. The zero-order valence-corrected chi connectivity index (χ0v) is 12.3. The van der Waals surface area contributed by atoms with Crippen LogP contribution in [0.15, 0.2) is 17.6 Å². The summed E-state index contributed by atoms with van der Waals surface area (Å²) in [5.74, 6) is -0.272. The van der Waals surface area contributed by atoms with Gasteiger partial charge in [-0.15, -0.1) is 10.2 Å². The van der Waals surface area contributed by atoms with Gasteiger partial charge in [0.25, 0.3) is 5.91 Å². The number of nitrogens with zero attached hydrogens (tertiary/aromatic N) is 3. The Kier molecular flexibility index (Phi) is 3.82. The van der Waals surface area contributed by atoms with Gasteiger partial charge >= 0.3 is 0 Å². The molecule has 1 amide bonds. The minimum absolute atomic E-state index is 0.178. The maximum atomic E-state index is 12.1. The van der Waals surface area contributed by atoms with Crippen molar-refractivity contribution in [2.45, 2.75) is 26.2 Å². The summed E-state index contributed by atoms with van der Waals surface area (Å²) in [6.07, 6.45) is 0. The van der Waals surface area contributed by atoms with Gasteiger partial charge in [-0.05, 0) is 12.1 Å². The average molecular weight is 297 g/mol. The normalized spacial score (nSPS) is 11.4. The molecule has 0 bridgehead atoms. The number of nitrogens with one attached hydrogen (secondary N) is 1. The van der Waals surface area contributed by atoms with Crippen molar-refractivity contribution in [3.63, 3.8) is 0 Å². The van der Waals surface area contributed by atoms with Gasteiger partial charge in [-0.3, -0.25) is 10.1 Å². The summed E-state index contributed by atoms with van der Waals surface area (Å²) < 4.78 is 0. The molecule has 19 heavy (non-hydrogen) atoms. The molecule has 2 heterocycles. The molecule has 100 valence electrons. The molecule has 0 spiro atoms. The smallest absolute Gasteiger partial charge is 0.257 e. The first-order valence-corrected chi connectivity index (χ1v) is 6.87. The van der Waals surface area contributed by atoms with E-state index < -0.39 is 0 Å². The maximum Gasteiger partial charge on any atom is 0.257 e. The molecule has 2 aromatic heterocycles. The molecule has 2 rings (SSSR count). The number of halogens is 1. The van der Waals surface area contributed by atoms with E-state index in [4.69, 9.17) is 11.6 Å². The number of amides is 1. The molecule has 0 aliphatic carbocycles. The molecule has 0 unspecified atom stereocenters. The fourth-order valence-corrected chi connectivity index (χ4v) is 2.06. The molecule has 5 nitrogen and oxygen atoms in total. The molecule has 0 saturated heterocycles. The van der Waals surface area contributed by atoms with Gasteiger partial charge in [0.15, 0.2) is 0 Å². The fourth-order valence-electron chi connectivity index (χ4n) is 1.41. The van der Waals surface area contributed by atoms with Crippen molar-refractivity contribution in [2.24, 2.45) is 0 Å². The van der Waals surface area contributed by atoms with Crippen molar-refractivity contribution in [1.29, 1.82) is 0 Å². The molecule has 2 aromatic rings. The van der Waals surface area contributed by atoms with Crippen LogP contribution >= 0.6 is 22.9 Å². The number of carbonyl (C=O) groups is 1. The lowest BCUT2D eigenvalue weighted by molar-refractivity contribution is 0.102. The molecule has 0 radical (unpaired) electrons. The van der Waals surface area contributed by atoms with Gasteiger partial charge < -0.3 is 0 Å². The van der Waals surface area contributed by atoms with Crippen molar-refractivity contribution in [3.05, 3.63) is 34.1 Å². The maximum absolute atomic E-state index is 12.1. The summed E-state index contributed by atoms with van der Waals surface area (Å²) in [5.41, 5.74) is 2.60. The van der Waals surface area contributed by atoms with Crippen LogP contribution in [0.25, 0.3) is 0 Å². The van der Waals surface area contributed by atoms with Crippen molar-refractivity contribution >= 4 is 34.0 Å². The van der Waals surface area contributed by atoms with Crippen LogP contribution in [0.5, 0.6) is 0 Å². The Balaban J connectivity index is 2.29. The summed E-state index contributed by atoms with van der Waals surface area (Å²) in [6, 6.07) is 3.27. The zero-order valence-electron chi connectivity index (χ0n) is 10.8. The Labute approximate surface area is 120 Å². The minimum atomic E-state index is -0.272. The summed E-state index contributed by atoms with van der Waals surface area (Å²) >= 11 is 7.22. The third-order valence-electron chi connectivity index (χ3n) is 2.41. The van der Waals surface area contributed by atoms with Gasteiger partial charge in [-0.1, -0.05) is 43.7 Å². The largest absolute Gasteiger partial charge is 0.296 e. The van der Waals surface area contributed by atoms with E-state index in [0.29, 0.717) is 15.8 Å². The van der Waals surface area contributed by atoms with Crippen molar-refractivity contribution in [3.8, 4) is 0 Å². The van der Waals surface area contributed by atoms with Crippen molar-refractivity contribution in [2.75, 3.05) is 5.32 Å². The van der Waals surface area contributed by atoms with Gasteiger partial charge in [0, 0.05) is 16.7 Å². The highest BCUT2D eigenvalue weighted by Gasteiger charge is 2.19. The number of pyridine rings is 1. The summed E-state index contributed by atoms with van der Waals surface area (Å²) in [6.45, 7) is 6.04. The minimum Gasteiger partial charge on any atom is -0.296 e. The molecule has 0 fully saturated rings. The van der Waals surface area contributed by atoms with Crippen LogP contribution in [0.2, 0.25) is 5.15 Å². The second kappa shape index (κ2) is 5.22. The number of hydrogen-bond donors (Lipinski definition) is 1. The monoisotopic (exact) mass is 296 g/mol. The van der Waals surface area contributed by atoms with Gasteiger partial charge in [0.05, 0.1) is 0 Å². The Morgan fingerprint density at radius 2 is 2.11 bits per heavy atom. The topological polar surface area (TPSA) is 67.8 Å². The number of aromatic nitrogens is 3. The van der Waals surface area contributed by atoms with Crippen LogP contribution in [0.4, 0.5) is 5.13 Å². The molecule has 0 atom stereocenters. The Hall–Kier alpha value is -1.53. The predicted octanol–water partition coefficient (Wildman–Crippen LogP) is 3.14.